The van der Waals surface area contributed by atoms with Gasteiger partial charge in [-0.15, -0.1) is 0 Å². The Morgan fingerprint density at radius 2 is 2.08 bits per heavy atom. The van der Waals surface area contributed by atoms with E-state index < -0.39 is 5.82 Å². The first-order valence-corrected chi connectivity index (χ1v) is 9.77. The predicted molar refractivity (Wildman–Crippen MR) is 99.4 cm³/mol. The van der Waals surface area contributed by atoms with E-state index in [0.717, 1.165) is 50.8 Å². The van der Waals surface area contributed by atoms with Crippen LogP contribution in [0, 0.1) is 18.2 Å². The molecule has 4 nitrogen and oxygen atoms in total. The van der Waals surface area contributed by atoms with E-state index >= 15 is 0 Å². The maximum absolute atomic E-state index is 14.2. The lowest BCUT2D eigenvalue weighted by atomic mass is 9.73. The van der Waals surface area contributed by atoms with Gasteiger partial charge in [0.15, 0.2) is 0 Å². The average Bonchev–Trinajstić information content (AvgIpc) is 2.62. The van der Waals surface area contributed by atoms with E-state index in [-0.39, 0.29) is 22.8 Å². The van der Waals surface area contributed by atoms with E-state index in [1.165, 1.54) is 6.07 Å². The first-order valence-electron chi connectivity index (χ1n) is 9.77. The van der Waals surface area contributed by atoms with Gasteiger partial charge in [0.2, 0.25) is 5.91 Å². The third-order valence-corrected chi connectivity index (χ3v) is 5.83. The molecule has 1 aromatic rings. The Hall–Kier alpha value is -1.91. The number of aryl methyl sites for hydroxylation is 1. The maximum atomic E-state index is 14.2. The number of carbonyl (C=O) groups excluding carboxylic acids is 2. The summed E-state index contributed by atoms with van der Waals surface area (Å²) in [6, 6.07) is 4.78. The van der Waals surface area contributed by atoms with Crippen molar-refractivity contribution in [3.63, 3.8) is 0 Å². The van der Waals surface area contributed by atoms with Crippen molar-refractivity contribution in [2.75, 3.05) is 26.2 Å². The molecule has 0 N–H and O–H groups in total. The summed E-state index contributed by atoms with van der Waals surface area (Å²) in [6.07, 6.45) is 5.41. The summed E-state index contributed by atoms with van der Waals surface area (Å²) >= 11 is 0. The summed E-state index contributed by atoms with van der Waals surface area (Å²) in [7, 11) is 0. The van der Waals surface area contributed by atoms with Crippen molar-refractivity contribution in [1.29, 1.82) is 0 Å². The van der Waals surface area contributed by atoms with Gasteiger partial charge in [-0.05, 0) is 50.3 Å². The van der Waals surface area contributed by atoms with E-state index in [4.69, 9.17) is 0 Å². The van der Waals surface area contributed by atoms with Gasteiger partial charge in [0, 0.05) is 38.0 Å². The zero-order valence-corrected chi connectivity index (χ0v) is 15.9. The second-order valence-electron chi connectivity index (χ2n) is 7.98. The van der Waals surface area contributed by atoms with Crippen LogP contribution in [0.4, 0.5) is 4.39 Å². The van der Waals surface area contributed by atoms with Crippen LogP contribution in [0.3, 0.4) is 0 Å². The molecule has 5 heteroatoms. The Bertz CT molecular complexity index is 691. The molecule has 2 aliphatic rings. The Morgan fingerprint density at radius 3 is 2.81 bits per heavy atom. The highest BCUT2D eigenvalue weighted by atomic mass is 19.1. The number of nitrogens with zero attached hydrogens (tertiary/aromatic N) is 2. The van der Waals surface area contributed by atoms with Gasteiger partial charge in [-0.2, -0.15) is 0 Å². The highest BCUT2D eigenvalue weighted by Crippen LogP contribution is 2.39. The van der Waals surface area contributed by atoms with E-state index in [2.05, 4.69) is 6.92 Å². The van der Waals surface area contributed by atoms with Crippen LogP contribution in [0.2, 0.25) is 0 Å². The summed E-state index contributed by atoms with van der Waals surface area (Å²) in [5.74, 6) is -0.436. The molecule has 0 aliphatic carbocycles. The Morgan fingerprint density at radius 1 is 1.27 bits per heavy atom. The Kier molecular flexibility index (Phi) is 5.64. The predicted octanol–water partition coefficient (Wildman–Crippen LogP) is 3.78. The lowest BCUT2D eigenvalue weighted by molar-refractivity contribution is -0.139. The molecule has 2 fully saturated rings. The molecule has 2 heterocycles. The fraction of sp³-hybridized carbons (Fsp3) is 0.619. The smallest absolute Gasteiger partial charge is 0.256 e. The Balaban J connectivity index is 1.74. The van der Waals surface area contributed by atoms with Crippen molar-refractivity contribution >= 4 is 11.8 Å². The maximum Gasteiger partial charge on any atom is 0.256 e. The minimum absolute atomic E-state index is 0.0310. The fourth-order valence-corrected chi connectivity index (χ4v) is 4.33. The minimum atomic E-state index is -0.446. The number of piperidine rings is 2. The van der Waals surface area contributed by atoms with Gasteiger partial charge >= 0.3 is 0 Å². The van der Waals surface area contributed by atoms with E-state index in [1.54, 1.807) is 17.0 Å². The average molecular weight is 360 g/mol. The molecule has 2 aliphatic heterocycles. The summed E-state index contributed by atoms with van der Waals surface area (Å²) in [4.78, 5) is 28.9. The normalized spacial score (nSPS) is 23.6. The molecule has 2 amide bonds. The number of amides is 2. The standard InChI is InChI=1S/C21H29FN2O2/c1-3-4-11-23-14-21(10-8-19(23)25)9-5-12-24(15-21)20(26)17-7-6-16(2)13-18(17)22/h6-7,13H,3-5,8-12,14-15H2,1-2H3/t21-/m1/s1. The van der Waals surface area contributed by atoms with Crippen LogP contribution in [-0.4, -0.2) is 47.8 Å². The molecule has 0 radical (unpaired) electrons. The highest BCUT2D eigenvalue weighted by Gasteiger charge is 2.42. The molecular formula is C21H29FN2O2. The van der Waals surface area contributed by atoms with E-state index in [1.807, 2.05) is 11.8 Å². The first kappa shape index (κ1) is 18.9. The SMILES string of the molecule is CCCCN1C[C@@]2(CCCN(C(=O)c3ccc(C)cc3F)C2)CCC1=O. The quantitative estimate of drug-likeness (QED) is 0.820. The summed E-state index contributed by atoms with van der Waals surface area (Å²) in [5.41, 5.74) is 0.936. The fourth-order valence-electron chi connectivity index (χ4n) is 4.33. The zero-order valence-electron chi connectivity index (χ0n) is 15.9. The number of unbranched alkanes of at least 4 members (excludes halogenated alkanes) is 1. The van der Waals surface area contributed by atoms with Crippen LogP contribution >= 0.6 is 0 Å². The van der Waals surface area contributed by atoms with E-state index in [0.29, 0.717) is 19.5 Å². The number of benzene rings is 1. The zero-order chi connectivity index (χ0) is 18.7. The second-order valence-corrected chi connectivity index (χ2v) is 7.98. The number of rotatable bonds is 4. The van der Waals surface area contributed by atoms with Crippen molar-refractivity contribution in [3.05, 3.63) is 35.1 Å². The molecule has 1 spiro atoms. The number of halogens is 1. The van der Waals surface area contributed by atoms with Crippen LogP contribution in [-0.2, 0) is 4.79 Å². The molecule has 0 saturated carbocycles. The molecule has 1 atom stereocenters. The van der Waals surface area contributed by atoms with Gasteiger partial charge in [-0.1, -0.05) is 19.4 Å². The molecular weight excluding hydrogens is 331 g/mol. The third-order valence-electron chi connectivity index (χ3n) is 5.83. The lowest BCUT2D eigenvalue weighted by Gasteiger charge is -2.48. The largest absolute Gasteiger partial charge is 0.342 e. The van der Waals surface area contributed by atoms with Gasteiger partial charge in [-0.3, -0.25) is 9.59 Å². The van der Waals surface area contributed by atoms with Crippen molar-refractivity contribution in [1.82, 2.24) is 9.80 Å². The summed E-state index contributed by atoms with van der Waals surface area (Å²) < 4.78 is 14.2. The highest BCUT2D eigenvalue weighted by molar-refractivity contribution is 5.94. The second kappa shape index (κ2) is 7.77. The third kappa shape index (κ3) is 3.92. The van der Waals surface area contributed by atoms with Gasteiger partial charge < -0.3 is 9.80 Å². The molecule has 26 heavy (non-hydrogen) atoms. The van der Waals surface area contributed by atoms with Crippen molar-refractivity contribution in [2.24, 2.45) is 5.41 Å². The van der Waals surface area contributed by atoms with Gasteiger partial charge in [0.05, 0.1) is 5.56 Å². The summed E-state index contributed by atoms with van der Waals surface area (Å²) in [6.45, 7) is 6.76. The van der Waals surface area contributed by atoms with Gasteiger partial charge in [-0.25, -0.2) is 4.39 Å². The van der Waals surface area contributed by atoms with Gasteiger partial charge in [0.1, 0.15) is 5.82 Å². The lowest BCUT2D eigenvalue weighted by Crippen LogP contribution is -2.55. The number of hydrogen-bond donors (Lipinski definition) is 0. The van der Waals surface area contributed by atoms with Crippen LogP contribution in [0.25, 0.3) is 0 Å². The van der Waals surface area contributed by atoms with Crippen LogP contribution in [0.5, 0.6) is 0 Å². The summed E-state index contributed by atoms with van der Waals surface area (Å²) in [5, 5.41) is 0. The Labute approximate surface area is 155 Å². The number of likely N-dealkylation sites (tertiary alicyclic amines) is 2. The molecule has 142 valence electrons. The van der Waals surface area contributed by atoms with E-state index in [9.17, 15) is 14.0 Å². The number of carbonyl (C=O) groups is 2. The van der Waals surface area contributed by atoms with Gasteiger partial charge in [0.25, 0.3) is 5.91 Å². The minimum Gasteiger partial charge on any atom is -0.342 e. The topological polar surface area (TPSA) is 40.6 Å². The van der Waals surface area contributed by atoms with Crippen LogP contribution < -0.4 is 0 Å². The molecule has 0 bridgehead atoms. The van der Waals surface area contributed by atoms with Crippen molar-refractivity contribution in [2.45, 2.75) is 52.4 Å². The molecule has 1 aromatic carbocycles. The first-order chi connectivity index (χ1) is 12.4. The molecule has 3 rings (SSSR count). The monoisotopic (exact) mass is 360 g/mol. The van der Waals surface area contributed by atoms with Crippen LogP contribution in [0.15, 0.2) is 18.2 Å². The number of hydrogen-bond acceptors (Lipinski definition) is 2. The van der Waals surface area contributed by atoms with Crippen molar-refractivity contribution < 1.29 is 14.0 Å². The van der Waals surface area contributed by atoms with Crippen LogP contribution in [0.1, 0.15) is 61.4 Å². The molecule has 0 unspecified atom stereocenters. The van der Waals surface area contributed by atoms with Crippen molar-refractivity contribution in [3.8, 4) is 0 Å². The molecule has 0 aromatic heterocycles. The molecule has 2 saturated heterocycles.